The summed E-state index contributed by atoms with van der Waals surface area (Å²) in [4.78, 5) is 12.2. The Bertz CT molecular complexity index is 1070. The van der Waals surface area contributed by atoms with Crippen LogP contribution in [0.3, 0.4) is 0 Å². The van der Waals surface area contributed by atoms with Crippen LogP contribution in [0, 0.1) is 0 Å². The van der Waals surface area contributed by atoms with Gasteiger partial charge >= 0.3 is 0 Å². The molecule has 3 aromatic carbocycles. The molecular weight excluding hydrogens is 503 g/mol. The molecule has 3 aromatic rings. The van der Waals surface area contributed by atoms with Gasteiger partial charge in [-0.2, -0.15) is 5.10 Å². The number of amides is 1. The number of carbonyl (C=O) groups excluding carboxylic acids is 1. The molecule has 5 nitrogen and oxygen atoms in total. The average molecular weight is 522 g/mol. The lowest BCUT2D eigenvalue weighted by Crippen LogP contribution is -2.17. The molecule has 3 rings (SSSR count). The van der Waals surface area contributed by atoms with Crippen molar-refractivity contribution in [3.63, 3.8) is 0 Å². The van der Waals surface area contributed by atoms with E-state index in [1.54, 1.807) is 48.5 Å². The second kappa shape index (κ2) is 11.2. The van der Waals surface area contributed by atoms with Crippen molar-refractivity contribution < 1.29 is 14.3 Å². The van der Waals surface area contributed by atoms with Gasteiger partial charge < -0.3 is 9.47 Å². The quantitative estimate of drug-likeness (QED) is 0.272. The number of nitrogens with zero attached hydrogens (tertiary/aromatic N) is 1. The fraction of sp³-hybridized carbons (Fsp3) is 0.130. The lowest BCUT2D eigenvalue weighted by Gasteiger charge is -2.14. The molecule has 0 saturated carbocycles. The number of nitrogens with one attached hydrogen (secondary N) is 1. The van der Waals surface area contributed by atoms with Crippen LogP contribution in [0.2, 0.25) is 10.0 Å². The minimum Gasteiger partial charge on any atom is -0.490 e. The van der Waals surface area contributed by atoms with E-state index in [4.69, 9.17) is 32.7 Å². The molecule has 0 atom stereocenters. The van der Waals surface area contributed by atoms with Crippen LogP contribution in [0.25, 0.3) is 0 Å². The van der Waals surface area contributed by atoms with Gasteiger partial charge in [0.1, 0.15) is 6.61 Å². The molecule has 0 unspecified atom stereocenters. The first-order valence-electron chi connectivity index (χ1n) is 9.39. The normalized spacial score (nSPS) is 10.8. The van der Waals surface area contributed by atoms with Crippen molar-refractivity contribution >= 4 is 51.3 Å². The molecule has 0 saturated heterocycles. The van der Waals surface area contributed by atoms with E-state index in [1.807, 2.05) is 19.1 Å². The van der Waals surface area contributed by atoms with Crippen LogP contribution in [0.15, 0.2) is 70.2 Å². The maximum Gasteiger partial charge on any atom is 0.271 e. The van der Waals surface area contributed by atoms with E-state index in [0.717, 1.165) is 10.0 Å². The Balaban J connectivity index is 1.71. The van der Waals surface area contributed by atoms with E-state index >= 15 is 0 Å². The highest BCUT2D eigenvalue weighted by atomic mass is 79.9. The van der Waals surface area contributed by atoms with Gasteiger partial charge in [0.2, 0.25) is 0 Å². The molecule has 0 fully saturated rings. The Morgan fingerprint density at radius 1 is 1.06 bits per heavy atom. The lowest BCUT2D eigenvalue weighted by atomic mass is 10.2. The molecule has 0 aromatic heterocycles. The summed E-state index contributed by atoms with van der Waals surface area (Å²) in [5.74, 6) is 0.613. The number of ether oxygens (including phenoxy) is 2. The predicted octanol–water partition coefficient (Wildman–Crippen LogP) is 6.50. The van der Waals surface area contributed by atoms with Crippen LogP contribution < -0.4 is 14.9 Å². The van der Waals surface area contributed by atoms with Gasteiger partial charge in [0.15, 0.2) is 11.5 Å². The molecule has 0 radical (unpaired) electrons. The highest BCUT2D eigenvalue weighted by molar-refractivity contribution is 9.10. The summed E-state index contributed by atoms with van der Waals surface area (Å²) in [6.07, 6.45) is 1.49. The summed E-state index contributed by atoms with van der Waals surface area (Å²) in [5, 5.41) is 5.05. The molecule has 0 aliphatic carbocycles. The Hall–Kier alpha value is -2.54. The Morgan fingerprint density at radius 3 is 2.45 bits per heavy atom. The fourth-order valence-corrected chi connectivity index (χ4v) is 3.30. The van der Waals surface area contributed by atoms with Gasteiger partial charge in [0, 0.05) is 15.1 Å². The van der Waals surface area contributed by atoms with Crippen molar-refractivity contribution in [2.24, 2.45) is 5.10 Å². The molecular formula is C23H19BrCl2N2O3. The third kappa shape index (κ3) is 6.72. The van der Waals surface area contributed by atoms with Gasteiger partial charge in [0.05, 0.1) is 17.8 Å². The molecule has 0 aliphatic rings. The van der Waals surface area contributed by atoms with Crippen LogP contribution in [-0.4, -0.2) is 18.7 Å². The van der Waals surface area contributed by atoms with Crippen LogP contribution in [0.4, 0.5) is 0 Å². The van der Waals surface area contributed by atoms with E-state index in [-0.39, 0.29) is 5.91 Å². The van der Waals surface area contributed by atoms with Crippen LogP contribution in [-0.2, 0) is 6.61 Å². The largest absolute Gasteiger partial charge is 0.490 e. The first-order chi connectivity index (χ1) is 15.0. The summed E-state index contributed by atoms with van der Waals surface area (Å²) in [7, 11) is 0. The predicted molar refractivity (Wildman–Crippen MR) is 128 cm³/mol. The monoisotopic (exact) mass is 520 g/mol. The van der Waals surface area contributed by atoms with Crippen molar-refractivity contribution in [1.29, 1.82) is 0 Å². The number of rotatable bonds is 8. The van der Waals surface area contributed by atoms with E-state index in [1.165, 1.54) is 6.21 Å². The number of hydrogen-bond acceptors (Lipinski definition) is 4. The number of halogens is 3. The second-order valence-corrected chi connectivity index (χ2v) is 8.14. The highest BCUT2D eigenvalue weighted by Gasteiger charge is 2.13. The zero-order chi connectivity index (χ0) is 22.2. The van der Waals surface area contributed by atoms with Crippen LogP contribution in [0.1, 0.15) is 28.4 Å². The Morgan fingerprint density at radius 2 is 1.77 bits per heavy atom. The van der Waals surface area contributed by atoms with E-state index in [0.29, 0.717) is 45.9 Å². The smallest absolute Gasteiger partial charge is 0.271 e. The van der Waals surface area contributed by atoms with Crippen molar-refractivity contribution in [3.8, 4) is 11.5 Å². The van der Waals surface area contributed by atoms with Crippen molar-refractivity contribution in [1.82, 2.24) is 5.43 Å². The average Bonchev–Trinajstić information content (AvgIpc) is 2.75. The summed E-state index contributed by atoms with van der Waals surface area (Å²) in [6, 6.07) is 17.8. The summed E-state index contributed by atoms with van der Waals surface area (Å²) >= 11 is 15.7. The first-order valence-corrected chi connectivity index (χ1v) is 10.9. The number of hydrazone groups is 1. The SMILES string of the molecule is CCOc1cc(/C=N\NC(=O)c2ccc(Br)cc2)cc(Cl)c1OCc1ccc(Cl)cc1. The Kier molecular flexibility index (Phi) is 8.35. The number of hydrogen-bond donors (Lipinski definition) is 1. The summed E-state index contributed by atoms with van der Waals surface area (Å²) in [6.45, 7) is 2.62. The maximum atomic E-state index is 12.2. The first kappa shape index (κ1) is 23.1. The zero-order valence-corrected chi connectivity index (χ0v) is 19.7. The van der Waals surface area contributed by atoms with E-state index in [9.17, 15) is 4.79 Å². The Labute approximate surface area is 199 Å². The van der Waals surface area contributed by atoms with E-state index < -0.39 is 0 Å². The molecule has 1 amide bonds. The highest BCUT2D eigenvalue weighted by Crippen LogP contribution is 2.37. The lowest BCUT2D eigenvalue weighted by molar-refractivity contribution is 0.0955. The van der Waals surface area contributed by atoms with E-state index in [2.05, 4.69) is 26.5 Å². The molecule has 1 N–H and O–H groups in total. The molecule has 0 spiro atoms. The number of benzene rings is 3. The molecule has 0 bridgehead atoms. The minimum atomic E-state index is -0.317. The topological polar surface area (TPSA) is 59.9 Å². The number of carbonyl (C=O) groups is 1. The molecule has 0 heterocycles. The maximum absolute atomic E-state index is 12.2. The van der Waals surface area contributed by atoms with Gasteiger partial charge in [-0.3, -0.25) is 4.79 Å². The summed E-state index contributed by atoms with van der Waals surface area (Å²) < 4.78 is 12.5. The van der Waals surface area contributed by atoms with Gasteiger partial charge in [0.25, 0.3) is 5.91 Å². The van der Waals surface area contributed by atoms with Crippen molar-refractivity contribution in [2.75, 3.05) is 6.61 Å². The van der Waals surface area contributed by atoms with Gasteiger partial charge in [-0.05, 0) is 66.6 Å². The standard InChI is InChI=1S/C23H19BrCl2N2O3/c1-2-30-21-12-16(13-27-28-23(29)17-5-7-18(24)8-6-17)11-20(26)22(21)31-14-15-3-9-19(25)10-4-15/h3-13H,2,14H2,1H3,(H,28,29)/b27-13-. The molecule has 8 heteroatoms. The van der Waals surface area contributed by atoms with Gasteiger partial charge in [-0.25, -0.2) is 5.43 Å². The third-order valence-corrected chi connectivity index (χ3v) is 5.18. The molecule has 160 valence electrons. The summed E-state index contributed by atoms with van der Waals surface area (Å²) in [5.41, 5.74) is 4.60. The third-order valence-electron chi connectivity index (χ3n) is 4.11. The van der Waals surface area contributed by atoms with Gasteiger partial charge in [-0.1, -0.05) is 51.3 Å². The van der Waals surface area contributed by atoms with Crippen LogP contribution in [0.5, 0.6) is 11.5 Å². The zero-order valence-electron chi connectivity index (χ0n) is 16.6. The second-order valence-electron chi connectivity index (χ2n) is 6.38. The van der Waals surface area contributed by atoms with Crippen molar-refractivity contribution in [2.45, 2.75) is 13.5 Å². The fourth-order valence-electron chi connectivity index (χ4n) is 2.63. The van der Waals surface area contributed by atoms with Crippen molar-refractivity contribution in [3.05, 3.63) is 91.9 Å². The molecule has 31 heavy (non-hydrogen) atoms. The minimum absolute atomic E-state index is 0.313. The molecule has 0 aliphatic heterocycles. The van der Waals surface area contributed by atoms with Gasteiger partial charge in [-0.15, -0.1) is 0 Å². The van der Waals surface area contributed by atoms with Crippen LogP contribution >= 0.6 is 39.1 Å².